The van der Waals surface area contributed by atoms with Crippen molar-refractivity contribution in [1.82, 2.24) is 9.78 Å². The minimum atomic E-state index is -4.79. The normalized spacial score (nSPS) is 11.1. The topological polar surface area (TPSA) is 82.5 Å². The molecule has 0 spiro atoms. The zero-order valence-corrected chi connectivity index (χ0v) is 16.1. The van der Waals surface area contributed by atoms with Gasteiger partial charge in [-0.1, -0.05) is 18.2 Å². The molecule has 3 rings (SSSR count). The van der Waals surface area contributed by atoms with Crippen LogP contribution in [0.2, 0.25) is 0 Å². The minimum absolute atomic E-state index is 0.0667. The van der Waals surface area contributed by atoms with Crippen molar-refractivity contribution < 1.29 is 32.2 Å². The number of hydrogen-bond donors (Lipinski definition) is 1. The summed E-state index contributed by atoms with van der Waals surface area (Å²) in [7, 11) is 0. The van der Waals surface area contributed by atoms with Crippen LogP contribution in [-0.2, 0) is 20.7 Å². The van der Waals surface area contributed by atoms with E-state index in [9.17, 15) is 22.8 Å². The smallest absolute Gasteiger partial charge is 0.456 e. The minimum Gasteiger partial charge on any atom is -0.456 e. The van der Waals surface area contributed by atoms with Crippen LogP contribution in [0.4, 0.5) is 18.9 Å². The number of ether oxygens (including phenoxy) is 2. The van der Waals surface area contributed by atoms with Gasteiger partial charge in [-0.3, -0.25) is 9.59 Å². The molecule has 0 atom stereocenters. The molecular formula is C21H18F3N3O4. The Morgan fingerprint density at radius 3 is 2.42 bits per heavy atom. The zero-order chi connectivity index (χ0) is 22.3. The molecule has 1 heterocycles. The Hall–Kier alpha value is -3.82. The highest BCUT2D eigenvalue weighted by molar-refractivity contribution is 5.92. The van der Waals surface area contributed by atoms with Crippen molar-refractivity contribution in [3.8, 4) is 11.4 Å². The molecule has 0 aliphatic heterocycles. The molecular weight excluding hydrogens is 415 g/mol. The lowest BCUT2D eigenvalue weighted by Gasteiger charge is -2.10. The SMILES string of the molecule is O=C(COC(=O)CCc1cnn(-c2ccccc2)c1)Nc1ccc(OC(F)(F)F)cc1. The van der Waals surface area contributed by atoms with Crippen LogP contribution in [0.1, 0.15) is 12.0 Å². The number of aryl methyl sites for hydroxylation is 1. The summed E-state index contributed by atoms with van der Waals surface area (Å²) in [6.07, 6.45) is -0.870. The van der Waals surface area contributed by atoms with E-state index in [0.717, 1.165) is 23.4 Å². The Kier molecular flexibility index (Phi) is 6.91. The van der Waals surface area contributed by atoms with Crippen molar-refractivity contribution in [3.63, 3.8) is 0 Å². The van der Waals surface area contributed by atoms with Crippen LogP contribution in [-0.4, -0.2) is 34.6 Å². The first-order chi connectivity index (χ1) is 14.8. The first kappa shape index (κ1) is 21.9. The number of carbonyl (C=O) groups excluding carboxylic acids is 2. The summed E-state index contributed by atoms with van der Waals surface area (Å²) in [6.45, 7) is -0.511. The lowest BCUT2D eigenvalue weighted by atomic mass is 10.2. The molecule has 1 amide bonds. The van der Waals surface area contributed by atoms with Crippen molar-refractivity contribution in [2.45, 2.75) is 19.2 Å². The summed E-state index contributed by atoms with van der Waals surface area (Å²) in [5.41, 5.74) is 1.97. The quantitative estimate of drug-likeness (QED) is 0.545. The van der Waals surface area contributed by atoms with Gasteiger partial charge in [0.05, 0.1) is 11.9 Å². The van der Waals surface area contributed by atoms with Crippen molar-refractivity contribution in [2.24, 2.45) is 0 Å². The van der Waals surface area contributed by atoms with Crippen LogP contribution in [0.25, 0.3) is 5.69 Å². The number of nitrogens with zero attached hydrogens (tertiary/aromatic N) is 2. The van der Waals surface area contributed by atoms with Gasteiger partial charge in [-0.25, -0.2) is 4.68 Å². The predicted octanol–water partition coefficient (Wildman–Crippen LogP) is 3.89. The number of para-hydroxylation sites is 1. The van der Waals surface area contributed by atoms with Gasteiger partial charge in [-0.05, 0) is 48.4 Å². The Labute approximate surface area is 175 Å². The standard InChI is InChI=1S/C21H18F3N3O4/c22-21(23,24)31-18-9-7-16(8-10-18)26-19(28)14-30-20(29)11-6-15-12-25-27(13-15)17-4-2-1-3-5-17/h1-5,7-10,12-13H,6,11,14H2,(H,26,28). The largest absolute Gasteiger partial charge is 0.573 e. The summed E-state index contributed by atoms with van der Waals surface area (Å²) >= 11 is 0. The maximum atomic E-state index is 12.1. The van der Waals surface area contributed by atoms with Crippen LogP contribution >= 0.6 is 0 Å². The molecule has 0 unspecified atom stereocenters. The molecule has 0 fully saturated rings. The molecule has 3 aromatic rings. The molecule has 10 heteroatoms. The van der Waals surface area contributed by atoms with E-state index in [0.29, 0.717) is 6.42 Å². The number of aromatic nitrogens is 2. The van der Waals surface area contributed by atoms with Crippen molar-refractivity contribution >= 4 is 17.6 Å². The number of rotatable bonds is 8. The van der Waals surface area contributed by atoms with Gasteiger partial charge in [-0.2, -0.15) is 5.10 Å². The predicted molar refractivity (Wildman–Crippen MR) is 105 cm³/mol. The highest BCUT2D eigenvalue weighted by atomic mass is 19.4. The number of nitrogens with one attached hydrogen (secondary N) is 1. The van der Waals surface area contributed by atoms with Gasteiger partial charge in [0.25, 0.3) is 5.91 Å². The molecule has 1 aromatic heterocycles. The van der Waals surface area contributed by atoms with Crippen molar-refractivity contribution in [3.05, 3.63) is 72.6 Å². The monoisotopic (exact) mass is 433 g/mol. The number of alkyl halides is 3. The van der Waals surface area contributed by atoms with Gasteiger partial charge < -0.3 is 14.8 Å². The lowest BCUT2D eigenvalue weighted by Crippen LogP contribution is -2.21. The van der Waals surface area contributed by atoms with E-state index in [2.05, 4.69) is 15.2 Å². The maximum absolute atomic E-state index is 12.1. The first-order valence-electron chi connectivity index (χ1n) is 9.19. The fraction of sp³-hybridized carbons (Fsp3) is 0.190. The fourth-order valence-electron chi connectivity index (χ4n) is 2.61. The molecule has 31 heavy (non-hydrogen) atoms. The number of halogens is 3. The maximum Gasteiger partial charge on any atom is 0.573 e. The second kappa shape index (κ2) is 9.79. The van der Waals surface area contributed by atoms with Crippen LogP contribution in [0.3, 0.4) is 0 Å². The fourth-order valence-corrected chi connectivity index (χ4v) is 2.61. The molecule has 0 radical (unpaired) electrons. The van der Waals surface area contributed by atoms with Crippen LogP contribution in [0.15, 0.2) is 67.0 Å². The van der Waals surface area contributed by atoms with Gasteiger partial charge in [0, 0.05) is 18.3 Å². The van der Waals surface area contributed by atoms with E-state index in [-0.39, 0.29) is 12.1 Å². The summed E-state index contributed by atoms with van der Waals surface area (Å²) < 4.78 is 46.8. The molecule has 1 N–H and O–H groups in total. The second-order valence-corrected chi connectivity index (χ2v) is 6.41. The van der Waals surface area contributed by atoms with Gasteiger partial charge in [0.15, 0.2) is 6.61 Å². The molecule has 2 aromatic carbocycles. The molecule has 0 aliphatic carbocycles. The van der Waals surface area contributed by atoms with E-state index >= 15 is 0 Å². The van der Waals surface area contributed by atoms with Gasteiger partial charge in [0.1, 0.15) is 5.75 Å². The van der Waals surface area contributed by atoms with Gasteiger partial charge in [-0.15, -0.1) is 13.2 Å². The summed E-state index contributed by atoms with van der Waals surface area (Å²) in [4.78, 5) is 23.7. The third kappa shape index (κ3) is 7.18. The zero-order valence-electron chi connectivity index (χ0n) is 16.1. The summed E-state index contributed by atoms with van der Waals surface area (Å²) in [5.74, 6) is -1.58. The highest BCUT2D eigenvalue weighted by Gasteiger charge is 2.30. The average molecular weight is 433 g/mol. The number of amides is 1. The lowest BCUT2D eigenvalue weighted by molar-refractivity contribution is -0.274. The molecule has 162 valence electrons. The van der Waals surface area contributed by atoms with E-state index in [1.807, 2.05) is 36.5 Å². The second-order valence-electron chi connectivity index (χ2n) is 6.41. The van der Waals surface area contributed by atoms with Crippen molar-refractivity contribution in [2.75, 3.05) is 11.9 Å². The highest BCUT2D eigenvalue weighted by Crippen LogP contribution is 2.23. The van der Waals surface area contributed by atoms with E-state index in [4.69, 9.17) is 4.74 Å². The average Bonchev–Trinajstić information content (AvgIpc) is 3.21. The molecule has 0 saturated heterocycles. The molecule has 0 saturated carbocycles. The molecule has 0 bridgehead atoms. The Balaban J connectivity index is 1.39. The van der Waals surface area contributed by atoms with Crippen molar-refractivity contribution in [1.29, 1.82) is 0 Å². The summed E-state index contributed by atoms with van der Waals surface area (Å²) in [5, 5.41) is 6.66. The molecule has 0 aliphatic rings. The van der Waals surface area contributed by atoms with Gasteiger partial charge in [0.2, 0.25) is 0 Å². The van der Waals surface area contributed by atoms with Crippen LogP contribution in [0, 0.1) is 0 Å². The Morgan fingerprint density at radius 1 is 1.03 bits per heavy atom. The number of esters is 1. The first-order valence-corrected chi connectivity index (χ1v) is 9.19. The third-order valence-corrected chi connectivity index (χ3v) is 4.01. The third-order valence-electron chi connectivity index (χ3n) is 4.01. The van der Waals surface area contributed by atoms with Crippen LogP contribution in [0.5, 0.6) is 5.75 Å². The number of benzene rings is 2. The summed E-state index contributed by atoms with van der Waals surface area (Å²) in [6, 6.07) is 14.1. The van der Waals surface area contributed by atoms with E-state index in [1.54, 1.807) is 10.9 Å². The molecule has 7 nitrogen and oxygen atoms in total. The number of carbonyl (C=O) groups is 2. The number of anilines is 1. The van der Waals surface area contributed by atoms with Gasteiger partial charge >= 0.3 is 12.3 Å². The van der Waals surface area contributed by atoms with E-state index < -0.39 is 30.6 Å². The van der Waals surface area contributed by atoms with E-state index in [1.165, 1.54) is 12.1 Å². The van der Waals surface area contributed by atoms with Crippen LogP contribution < -0.4 is 10.1 Å². The Bertz CT molecular complexity index is 1020. The number of hydrogen-bond acceptors (Lipinski definition) is 5. The Morgan fingerprint density at radius 2 is 1.74 bits per heavy atom.